The van der Waals surface area contributed by atoms with Gasteiger partial charge < -0.3 is 14.7 Å². The van der Waals surface area contributed by atoms with E-state index >= 15 is 0 Å². The molecule has 2 fully saturated rings. The summed E-state index contributed by atoms with van der Waals surface area (Å²) in [6.07, 6.45) is 2.68. The van der Waals surface area contributed by atoms with Crippen molar-refractivity contribution >= 4 is 23.6 Å². The van der Waals surface area contributed by atoms with Gasteiger partial charge in [-0.05, 0) is 60.4 Å². The van der Waals surface area contributed by atoms with Crippen molar-refractivity contribution in [3.63, 3.8) is 0 Å². The zero-order chi connectivity index (χ0) is 28.3. The van der Waals surface area contributed by atoms with Crippen molar-refractivity contribution < 1.29 is 14.6 Å². The Morgan fingerprint density at radius 3 is 2.55 bits per heavy atom. The van der Waals surface area contributed by atoms with E-state index in [0.29, 0.717) is 29.7 Å². The summed E-state index contributed by atoms with van der Waals surface area (Å²) in [5, 5.41) is 19.3. The molecule has 1 aromatic heterocycles. The predicted molar refractivity (Wildman–Crippen MR) is 153 cm³/mol. The number of anilines is 1. The Kier molecular flexibility index (Phi) is 8.10. The number of carbonyl (C=O) groups is 1. The van der Waals surface area contributed by atoms with Crippen molar-refractivity contribution in [1.29, 1.82) is 5.26 Å². The first-order valence-corrected chi connectivity index (χ1v) is 13.9. The van der Waals surface area contributed by atoms with Gasteiger partial charge in [-0.25, -0.2) is 14.8 Å². The molecule has 40 heavy (non-hydrogen) atoms. The van der Waals surface area contributed by atoms with Gasteiger partial charge in [0.25, 0.3) is 0 Å². The molecule has 1 atom stereocenters. The monoisotopic (exact) mass is 560 g/mol. The minimum Gasteiger partial charge on any atom is -0.487 e. The number of nitrogens with zero attached hydrogens (tertiary/aromatic N) is 6. The number of benzene rings is 2. The van der Waals surface area contributed by atoms with Gasteiger partial charge >= 0.3 is 6.09 Å². The maximum atomic E-state index is 11.5. The summed E-state index contributed by atoms with van der Waals surface area (Å²) in [6, 6.07) is 17.4. The van der Waals surface area contributed by atoms with Crippen LogP contribution in [0.4, 0.5) is 10.7 Å². The molecular weight excluding hydrogens is 528 g/mol. The summed E-state index contributed by atoms with van der Waals surface area (Å²) >= 11 is 6.25. The number of nitriles is 1. The Labute approximate surface area is 239 Å². The highest BCUT2D eigenvalue weighted by Crippen LogP contribution is 2.34. The minimum atomic E-state index is -0.838. The summed E-state index contributed by atoms with van der Waals surface area (Å²) < 4.78 is 6.04. The van der Waals surface area contributed by atoms with Crippen LogP contribution in [0.1, 0.15) is 49.1 Å². The number of amides is 1. The van der Waals surface area contributed by atoms with Gasteiger partial charge in [0.15, 0.2) is 0 Å². The van der Waals surface area contributed by atoms with Crippen LogP contribution in [0, 0.1) is 11.3 Å². The van der Waals surface area contributed by atoms with E-state index in [1.807, 2.05) is 42.5 Å². The molecule has 3 heterocycles. The third kappa shape index (κ3) is 5.98. The lowest BCUT2D eigenvalue weighted by atomic mass is 9.78. The van der Waals surface area contributed by atoms with Crippen LogP contribution in [0.3, 0.4) is 0 Å². The third-order valence-corrected chi connectivity index (χ3v) is 8.12. The standard InChI is InChI=1S/C30H33ClN6O3/c1-30(2,23-16-21(19-32)17-24(31)18-23)22-5-7-26(8-6-22)40-20-25-9-10-33-28(34-25)36-14-12-35(13-15-36)27-4-3-11-37(27)29(38)39/h5-10,16-18,27H,3-4,11-15,20H2,1-2H3,(H,38,39). The molecule has 2 saturated heterocycles. The van der Waals surface area contributed by atoms with Crippen molar-refractivity contribution in [2.24, 2.45) is 0 Å². The molecule has 0 spiro atoms. The van der Waals surface area contributed by atoms with Crippen molar-refractivity contribution in [3.8, 4) is 11.8 Å². The average Bonchev–Trinajstić information content (AvgIpc) is 3.47. The Hall–Kier alpha value is -3.87. The predicted octanol–water partition coefficient (Wildman–Crippen LogP) is 5.13. The maximum absolute atomic E-state index is 11.5. The zero-order valence-electron chi connectivity index (χ0n) is 22.8. The molecule has 1 N–H and O–H groups in total. The number of piperazine rings is 1. The van der Waals surface area contributed by atoms with Crippen molar-refractivity contribution in [1.82, 2.24) is 19.8 Å². The van der Waals surface area contributed by atoms with Crippen LogP contribution >= 0.6 is 11.6 Å². The number of likely N-dealkylation sites (tertiary alicyclic amines) is 1. The van der Waals surface area contributed by atoms with E-state index in [9.17, 15) is 15.2 Å². The van der Waals surface area contributed by atoms with E-state index in [1.54, 1.807) is 17.2 Å². The van der Waals surface area contributed by atoms with Gasteiger partial charge in [-0.3, -0.25) is 9.80 Å². The van der Waals surface area contributed by atoms with E-state index in [-0.39, 0.29) is 11.6 Å². The van der Waals surface area contributed by atoms with Gasteiger partial charge in [-0.15, -0.1) is 0 Å². The van der Waals surface area contributed by atoms with E-state index in [1.165, 1.54) is 0 Å². The van der Waals surface area contributed by atoms with Crippen LogP contribution in [-0.2, 0) is 12.0 Å². The highest BCUT2D eigenvalue weighted by Gasteiger charge is 2.35. The number of hydrogen-bond acceptors (Lipinski definition) is 7. The lowest BCUT2D eigenvalue weighted by Gasteiger charge is -2.40. The first kappa shape index (κ1) is 27.7. The lowest BCUT2D eigenvalue weighted by molar-refractivity contribution is 0.0645. The van der Waals surface area contributed by atoms with E-state index in [0.717, 1.165) is 61.6 Å². The zero-order valence-corrected chi connectivity index (χ0v) is 23.5. The van der Waals surface area contributed by atoms with Gasteiger partial charge in [0.05, 0.1) is 23.5 Å². The van der Waals surface area contributed by atoms with Crippen LogP contribution in [0.25, 0.3) is 0 Å². The molecule has 1 unspecified atom stereocenters. The fourth-order valence-electron chi connectivity index (χ4n) is 5.50. The molecular formula is C30H33ClN6O3. The second kappa shape index (κ2) is 11.7. The smallest absolute Gasteiger partial charge is 0.408 e. The average molecular weight is 561 g/mol. The molecule has 0 saturated carbocycles. The fraction of sp³-hybridized carbons (Fsp3) is 0.400. The molecule has 0 bridgehead atoms. The molecule has 5 rings (SSSR count). The van der Waals surface area contributed by atoms with Crippen LogP contribution in [-0.4, -0.2) is 69.9 Å². The first-order valence-electron chi connectivity index (χ1n) is 13.5. The number of rotatable bonds is 7. The molecule has 1 amide bonds. The van der Waals surface area contributed by atoms with Gasteiger partial charge in [0.1, 0.15) is 12.4 Å². The van der Waals surface area contributed by atoms with Crippen LogP contribution in [0.5, 0.6) is 5.75 Å². The topological polar surface area (TPSA) is 106 Å². The fourth-order valence-corrected chi connectivity index (χ4v) is 5.73. The Balaban J connectivity index is 1.18. The maximum Gasteiger partial charge on any atom is 0.408 e. The van der Waals surface area contributed by atoms with Crippen LogP contribution < -0.4 is 9.64 Å². The van der Waals surface area contributed by atoms with E-state index in [4.69, 9.17) is 21.3 Å². The Bertz CT molecular complexity index is 1400. The summed E-state index contributed by atoms with van der Waals surface area (Å²) in [6.45, 7) is 8.16. The number of aromatic nitrogens is 2. The van der Waals surface area contributed by atoms with E-state index in [2.05, 4.69) is 34.7 Å². The van der Waals surface area contributed by atoms with Crippen molar-refractivity contribution in [3.05, 3.63) is 82.1 Å². The highest BCUT2D eigenvalue weighted by molar-refractivity contribution is 6.30. The molecule has 2 aromatic carbocycles. The van der Waals surface area contributed by atoms with Crippen LogP contribution in [0.2, 0.25) is 5.02 Å². The van der Waals surface area contributed by atoms with Gasteiger partial charge in [0.2, 0.25) is 5.95 Å². The minimum absolute atomic E-state index is 0.0298. The molecule has 2 aliphatic heterocycles. The molecule has 0 aliphatic carbocycles. The third-order valence-electron chi connectivity index (χ3n) is 7.90. The number of hydrogen-bond donors (Lipinski definition) is 1. The Morgan fingerprint density at radius 2 is 1.85 bits per heavy atom. The number of halogens is 1. The lowest BCUT2D eigenvalue weighted by Crippen LogP contribution is -2.55. The number of carboxylic acid groups (broad SMARTS) is 1. The molecule has 0 radical (unpaired) electrons. The molecule has 3 aromatic rings. The highest BCUT2D eigenvalue weighted by atomic mass is 35.5. The van der Waals surface area contributed by atoms with Gasteiger partial charge in [-0.1, -0.05) is 37.6 Å². The summed E-state index contributed by atoms with van der Waals surface area (Å²) in [7, 11) is 0. The molecule has 208 valence electrons. The summed E-state index contributed by atoms with van der Waals surface area (Å²) in [4.78, 5) is 26.7. The van der Waals surface area contributed by atoms with E-state index < -0.39 is 6.09 Å². The second-order valence-corrected chi connectivity index (χ2v) is 11.2. The SMILES string of the molecule is CC(C)(c1ccc(OCc2ccnc(N3CCN(C4CCCN4C(=O)O)CC3)n2)cc1)c1cc(Cl)cc(C#N)c1. The summed E-state index contributed by atoms with van der Waals surface area (Å²) in [5.74, 6) is 1.40. The largest absolute Gasteiger partial charge is 0.487 e. The Morgan fingerprint density at radius 1 is 1.10 bits per heavy atom. The number of ether oxygens (including phenoxy) is 1. The molecule has 10 heteroatoms. The molecule has 9 nitrogen and oxygen atoms in total. The molecule has 2 aliphatic rings. The second-order valence-electron chi connectivity index (χ2n) is 10.7. The summed E-state index contributed by atoms with van der Waals surface area (Å²) in [5.41, 5.74) is 3.04. The van der Waals surface area contributed by atoms with Crippen molar-refractivity contribution in [2.75, 3.05) is 37.6 Å². The first-order chi connectivity index (χ1) is 19.2. The van der Waals surface area contributed by atoms with Crippen LogP contribution in [0.15, 0.2) is 54.7 Å². The van der Waals surface area contributed by atoms with Crippen molar-refractivity contribution in [2.45, 2.75) is 44.9 Å². The van der Waals surface area contributed by atoms with Gasteiger partial charge in [0, 0.05) is 49.4 Å². The van der Waals surface area contributed by atoms with Gasteiger partial charge in [-0.2, -0.15) is 5.26 Å². The quantitative estimate of drug-likeness (QED) is 0.424. The normalized spacial score (nSPS) is 18.0.